The highest BCUT2D eigenvalue weighted by Crippen LogP contribution is 2.18. The smallest absolute Gasteiger partial charge is 0.221 e. The Morgan fingerprint density at radius 1 is 1.00 bits per heavy atom. The molecule has 132 valence electrons. The summed E-state index contributed by atoms with van der Waals surface area (Å²) in [6.07, 6.45) is 2.10. The van der Waals surface area contributed by atoms with Crippen LogP contribution in [-0.4, -0.2) is 21.7 Å². The van der Waals surface area contributed by atoms with Crippen molar-refractivity contribution in [1.29, 1.82) is 0 Å². The fourth-order valence-electron chi connectivity index (χ4n) is 2.70. The first-order chi connectivity index (χ1) is 12.6. The molecule has 0 unspecified atom stereocenters. The molecule has 0 radical (unpaired) electrons. The highest BCUT2D eigenvalue weighted by Gasteiger charge is 2.15. The van der Waals surface area contributed by atoms with Crippen molar-refractivity contribution in [2.45, 2.75) is 25.8 Å². The van der Waals surface area contributed by atoms with Crippen molar-refractivity contribution in [1.82, 2.24) is 15.3 Å². The summed E-state index contributed by atoms with van der Waals surface area (Å²) in [5, 5.41) is 2.88. The van der Waals surface area contributed by atoms with Crippen molar-refractivity contribution in [3.8, 4) is 11.3 Å². The molecule has 26 heavy (non-hydrogen) atoms. The van der Waals surface area contributed by atoms with Gasteiger partial charge in [0.2, 0.25) is 5.91 Å². The molecule has 0 aliphatic carbocycles. The average Bonchev–Trinajstić information content (AvgIpc) is 3.18. The molecular weight excluding hydrogens is 326 g/mol. The number of hydrogen-bond acceptors (Lipinski definition) is 3. The fraction of sp³-hybridized carbons (Fsp3) is 0.190. The number of benzene rings is 2. The molecule has 0 spiro atoms. The molecular formula is C21H21N3O2. The predicted octanol–water partition coefficient (Wildman–Crippen LogP) is 3.92. The van der Waals surface area contributed by atoms with Gasteiger partial charge in [0, 0.05) is 18.4 Å². The lowest BCUT2D eigenvalue weighted by molar-refractivity contribution is -0.121. The van der Waals surface area contributed by atoms with Crippen LogP contribution in [0.5, 0.6) is 0 Å². The monoisotopic (exact) mass is 347 g/mol. The Kier molecular flexibility index (Phi) is 5.59. The molecule has 2 aromatic carbocycles. The summed E-state index contributed by atoms with van der Waals surface area (Å²) in [4.78, 5) is 31.8. The minimum atomic E-state index is -0.258. The zero-order chi connectivity index (χ0) is 18.4. The van der Waals surface area contributed by atoms with E-state index in [9.17, 15) is 9.59 Å². The number of nitrogens with zero attached hydrogens (tertiary/aromatic N) is 1. The zero-order valence-corrected chi connectivity index (χ0v) is 14.6. The number of aromatic nitrogens is 2. The number of carbonyl (C=O) groups excluding carboxylic acids is 2. The van der Waals surface area contributed by atoms with Gasteiger partial charge in [-0.05, 0) is 12.5 Å². The van der Waals surface area contributed by atoms with Crippen LogP contribution >= 0.6 is 0 Å². The van der Waals surface area contributed by atoms with Gasteiger partial charge in [-0.1, -0.05) is 60.7 Å². The molecule has 0 saturated heterocycles. The van der Waals surface area contributed by atoms with Crippen LogP contribution in [0.2, 0.25) is 0 Å². The van der Waals surface area contributed by atoms with Crippen molar-refractivity contribution >= 4 is 11.7 Å². The van der Waals surface area contributed by atoms with E-state index in [0.29, 0.717) is 11.4 Å². The predicted molar refractivity (Wildman–Crippen MR) is 101 cm³/mol. The van der Waals surface area contributed by atoms with Gasteiger partial charge in [0.1, 0.15) is 5.82 Å². The Morgan fingerprint density at radius 3 is 2.35 bits per heavy atom. The largest absolute Gasteiger partial charge is 0.346 e. The maximum Gasteiger partial charge on any atom is 0.221 e. The Bertz CT molecular complexity index is 873. The summed E-state index contributed by atoms with van der Waals surface area (Å²) >= 11 is 0. The van der Waals surface area contributed by atoms with E-state index in [2.05, 4.69) is 15.3 Å². The van der Waals surface area contributed by atoms with E-state index in [0.717, 1.165) is 11.3 Å². The standard InChI is InChI=1S/C21H21N3O2/c1-15(21-22-14-18(24-21)16-8-4-2-5-9-16)23-20(26)13-12-19(25)17-10-6-3-7-11-17/h2-11,14-15H,12-13H2,1H3,(H,22,24)(H,23,26)/t15-/m1/s1. The second kappa shape index (κ2) is 8.25. The van der Waals surface area contributed by atoms with Gasteiger partial charge in [0.15, 0.2) is 5.78 Å². The molecule has 5 heteroatoms. The van der Waals surface area contributed by atoms with Crippen molar-refractivity contribution < 1.29 is 9.59 Å². The maximum atomic E-state index is 12.1. The van der Waals surface area contributed by atoms with Gasteiger partial charge in [0.05, 0.1) is 17.9 Å². The molecule has 1 heterocycles. The van der Waals surface area contributed by atoms with Crippen LogP contribution in [0.3, 0.4) is 0 Å². The van der Waals surface area contributed by atoms with E-state index in [4.69, 9.17) is 0 Å². The summed E-state index contributed by atoms with van der Waals surface area (Å²) in [6, 6.07) is 18.6. The van der Waals surface area contributed by atoms with E-state index in [1.807, 2.05) is 55.5 Å². The number of ketones is 1. The van der Waals surface area contributed by atoms with Crippen molar-refractivity contribution in [2.75, 3.05) is 0 Å². The van der Waals surface area contributed by atoms with Crippen molar-refractivity contribution in [3.63, 3.8) is 0 Å². The number of amides is 1. The molecule has 1 aromatic heterocycles. The minimum Gasteiger partial charge on any atom is -0.346 e. The maximum absolute atomic E-state index is 12.1. The number of H-pyrrole nitrogens is 1. The molecule has 0 saturated carbocycles. The second-order valence-corrected chi connectivity index (χ2v) is 6.13. The van der Waals surface area contributed by atoms with E-state index < -0.39 is 0 Å². The summed E-state index contributed by atoms with van der Waals surface area (Å²) in [6.45, 7) is 1.87. The number of Topliss-reactive ketones (excluding diaryl/α,β-unsaturated/α-hetero) is 1. The number of imidazole rings is 1. The highest BCUT2D eigenvalue weighted by molar-refractivity contribution is 5.97. The van der Waals surface area contributed by atoms with Crippen LogP contribution in [0.25, 0.3) is 11.3 Å². The fourth-order valence-corrected chi connectivity index (χ4v) is 2.70. The Balaban J connectivity index is 1.53. The van der Waals surface area contributed by atoms with Gasteiger partial charge in [-0.25, -0.2) is 4.98 Å². The van der Waals surface area contributed by atoms with E-state index >= 15 is 0 Å². The third-order valence-corrected chi connectivity index (χ3v) is 4.14. The Hall–Kier alpha value is -3.21. The number of aromatic amines is 1. The van der Waals surface area contributed by atoms with Gasteiger partial charge >= 0.3 is 0 Å². The van der Waals surface area contributed by atoms with Gasteiger partial charge in [-0.15, -0.1) is 0 Å². The van der Waals surface area contributed by atoms with Gasteiger partial charge in [0.25, 0.3) is 0 Å². The van der Waals surface area contributed by atoms with E-state index in [1.165, 1.54) is 0 Å². The molecule has 0 aliphatic rings. The van der Waals surface area contributed by atoms with Crippen LogP contribution in [0.4, 0.5) is 0 Å². The Labute approximate surface area is 152 Å². The first kappa shape index (κ1) is 17.6. The number of carbonyl (C=O) groups is 2. The van der Waals surface area contributed by atoms with Crippen LogP contribution < -0.4 is 5.32 Å². The van der Waals surface area contributed by atoms with Crippen LogP contribution in [0, 0.1) is 0 Å². The number of hydrogen-bond donors (Lipinski definition) is 2. The number of nitrogens with one attached hydrogen (secondary N) is 2. The summed E-state index contributed by atoms with van der Waals surface area (Å²) in [5.74, 6) is 0.490. The lowest BCUT2D eigenvalue weighted by Gasteiger charge is -2.11. The molecule has 1 atom stereocenters. The Morgan fingerprint density at radius 2 is 1.65 bits per heavy atom. The summed E-state index contributed by atoms with van der Waals surface area (Å²) in [7, 11) is 0. The average molecular weight is 347 g/mol. The van der Waals surface area contributed by atoms with Crippen molar-refractivity contribution in [2.24, 2.45) is 0 Å². The lowest BCUT2D eigenvalue weighted by Crippen LogP contribution is -2.27. The first-order valence-corrected chi connectivity index (χ1v) is 8.61. The molecule has 0 bridgehead atoms. The van der Waals surface area contributed by atoms with Crippen LogP contribution in [0.1, 0.15) is 42.0 Å². The second-order valence-electron chi connectivity index (χ2n) is 6.13. The normalized spacial score (nSPS) is 11.7. The lowest BCUT2D eigenvalue weighted by atomic mass is 10.1. The molecule has 0 fully saturated rings. The van der Waals surface area contributed by atoms with Gasteiger partial charge in [-0.3, -0.25) is 9.59 Å². The van der Waals surface area contributed by atoms with Gasteiger partial charge in [-0.2, -0.15) is 0 Å². The van der Waals surface area contributed by atoms with Crippen LogP contribution in [0.15, 0.2) is 66.9 Å². The van der Waals surface area contributed by atoms with E-state index in [1.54, 1.807) is 18.3 Å². The summed E-state index contributed by atoms with van der Waals surface area (Å²) in [5.41, 5.74) is 2.58. The van der Waals surface area contributed by atoms with Gasteiger partial charge < -0.3 is 10.3 Å². The quantitative estimate of drug-likeness (QED) is 0.636. The minimum absolute atomic E-state index is 0.0298. The summed E-state index contributed by atoms with van der Waals surface area (Å²) < 4.78 is 0. The third kappa shape index (κ3) is 4.45. The van der Waals surface area contributed by atoms with Crippen molar-refractivity contribution in [3.05, 3.63) is 78.2 Å². The molecule has 3 rings (SSSR count). The molecule has 1 amide bonds. The molecule has 2 N–H and O–H groups in total. The zero-order valence-electron chi connectivity index (χ0n) is 14.6. The molecule has 3 aromatic rings. The molecule has 5 nitrogen and oxygen atoms in total. The first-order valence-electron chi connectivity index (χ1n) is 8.61. The highest BCUT2D eigenvalue weighted by atomic mass is 16.2. The SMILES string of the molecule is C[C@@H](NC(=O)CCC(=O)c1ccccc1)c1ncc(-c2ccccc2)[nH]1. The number of rotatable bonds is 7. The molecule has 0 aliphatic heterocycles. The van der Waals surface area contributed by atoms with Crippen LogP contribution in [-0.2, 0) is 4.79 Å². The third-order valence-electron chi connectivity index (χ3n) is 4.14. The topological polar surface area (TPSA) is 74.8 Å². The van der Waals surface area contributed by atoms with E-state index in [-0.39, 0.29) is 30.6 Å².